The van der Waals surface area contributed by atoms with Gasteiger partial charge in [-0.25, -0.2) is 0 Å². The summed E-state index contributed by atoms with van der Waals surface area (Å²) in [5, 5.41) is 9.71. The van der Waals surface area contributed by atoms with Gasteiger partial charge in [0.05, 0.1) is 11.3 Å². The Balaban J connectivity index is 1.68. The summed E-state index contributed by atoms with van der Waals surface area (Å²) in [5.74, 6) is -1.91. The van der Waals surface area contributed by atoms with Crippen molar-refractivity contribution in [3.8, 4) is 11.3 Å². The number of carbonyl (C=O) groups is 2. The summed E-state index contributed by atoms with van der Waals surface area (Å²) in [5.41, 5.74) is 3.21. The predicted octanol–water partition coefficient (Wildman–Crippen LogP) is 1.90. The smallest absolute Gasteiger partial charge is 0.274 e. The number of hydrogen-bond donors (Lipinski definition) is 3. The first-order chi connectivity index (χ1) is 12.8. The Kier molecular flexibility index (Phi) is 4.67. The second-order valence-electron chi connectivity index (χ2n) is 5.50. The number of hydrazine groups is 1. The Morgan fingerprint density at radius 1 is 1.11 bits per heavy atom. The Labute approximate surface area is 150 Å². The third-order valence-corrected chi connectivity index (χ3v) is 3.52. The molecule has 2 heterocycles. The van der Waals surface area contributed by atoms with Crippen LogP contribution in [0.15, 0.2) is 42.6 Å². The number of amides is 2. The first-order valence-corrected chi connectivity index (χ1v) is 7.58. The molecule has 2 amide bonds. The largest absolute Gasteiger partial charge is 0.435 e. The molecule has 0 saturated carbocycles. The quantitative estimate of drug-likeness (QED) is 0.606. The lowest BCUT2D eigenvalue weighted by atomic mass is 10.1. The molecular formula is C16H13F3N6O2. The third kappa shape index (κ3) is 3.97. The van der Waals surface area contributed by atoms with E-state index in [1.165, 1.54) is 13.1 Å². The normalized spacial score (nSPS) is 11.3. The van der Waals surface area contributed by atoms with Crippen molar-refractivity contribution in [2.24, 2.45) is 7.05 Å². The van der Waals surface area contributed by atoms with Crippen LogP contribution in [0.25, 0.3) is 11.3 Å². The zero-order valence-electron chi connectivity index (χ0n) is 13.8. The summed E-state index contributed by atoms with van der Waals surface area (Å²) in [4.78, 5) is 24.1. The molecule has 0 radical (unpaired) electrons. The Bertz CT molecular complexity index is 978. The molecule has 0 saturated heterocycles. The number of rotatable bonds is 3. The van der Waals surface area contributed by atoms with Gasteiger partial charge >= 0.3 is 6.18 Å². The van der Waals surface area contributed by atoms with E-state index >= 15 is 0 Å². The highest BCUT2D eigenvalue weighted by Crippen LogP contribution is 2.30. The number of carbonyl (C=O) groups excluding carboxylic acids is 2. The maximum Gasteiger partial charge on any atom is 0.435 e. The van der Waals surface area contributed by atoms with Crippen LogP contribution >= 0.6 is 0 Å². The van der Waals surface area contributed by atoms with Crippen LogP contribution in [0, 0.1) is 0 Å². The van der Waals surface area contributed by atoms with E-state index in [2.05, 4.69) is 15.3 Å². The van der Waals surface area contributed by atoms with Crippen molar-refractivity contribution in [2.45, 2.75) is 6.18 Å². The van der Waals surface area contributed by atoms with Gasteiger partial charge in [-0.15, -0.1) is 0 Å². The highest BCUT2D eigenvalue weighted by atomic mass is 19.4. The van der Waals surface area contributed by atoms with Crippen molar-refractivity contribution in [3.05, 3.63) is 59.5 Å². The molecule has 0 spiro atoms. The molecule has 0 aliphatic heterocycles. The van der Waals surface area contributed by atoms with Gasteiger partial charge in [-0.1, -0.05) is 30.3 Å². The fourth-order valence-electron chi connectivity index (χ4n) is 2.31. The molecule has 8 nitrogen and oxygen atoms in total. The van der Waals surface area contributed by atoms with E-state index in [1.807, 2.05) is 16.9 Å². The Morgan fingerprint density at radius 2 is 1.78 bits per heavy atom. The summed E-state index contributed by atoms with van der Waals surface area (Å²) in [6.45, 7) is 0. The predicted molar refractivity (Wildman–Crippen MR) is 87.2 cm³/mol. The average molecular weight is 378 g/mol. The van der Waals surface area contributed by atoms with Gasteiger partial charge in [0.15, 0.2) is 5.69 Å². The number of alkyl halides is 3. The van der Waals surface area contributed by atoms with Crippen molar-refractivity contribution in [1.82, 2.24) is 30.8 Å². The number of H-pyrrole nitrogens is 1. The van der Waals surface area contributed by atoms with Crippen LogP contribution < -0.4 is 10.9 Å². The monoisotopic (exact) mass is 378 g/mol. The number of aryl methyl sites for hydroxylation is 1. The topological polar surface area (TPSA) is 105 Å². The summed E-state index contributed by atoms with van der Waals surface area (Å²) >= 11 is 0. The van der Waals surface area contributed by atoms with Gasteiger partial charge in [0.25, 0.3) is 11.8 Å². The number of hydrogen-bond acceptors (Lipinski definition) is 4. The fraction of sp³-hybridized carbons (Fsp3) is 0.125. The van der Waals surface area contributed by atoms with Crippen LogP contribution in [0.4, 0.5) is 13.2 Å². The van der Waals surface area contributed by atoms with Crippen LogP contribution in [0.1, 0.15) is 26.5 Å². The molecular weight excluding hydrogens is 365 g/mol. The summed E-state index contributed by atoms with van der Waals surface area (Å²) in [6, 6.07) is 10.5. The van der Waals surface area contributed by atoms with Crippen LogP contribution in [-0.4, -0.2) is 31.8 Å². The highest BCUT2D eigenvalue weighted by molar-refractivity contribution is 5.99. The Hall–Kier alpha value is -3.63. The summed E-state index contributed by atoms with van der Waals surface area (Å²) in [6.07, 6.45) is -3.89. The van der Waals surface area contributed by atoms with Gasteiger partial charge < -0.3 is 0 Å². The molecule has 27 heavy (non-hydrogen) atoms. The van der Waals surface area contributed by atoms with E-state index in [4.69, 9.17) is 0 Å². The molecule has 3 N–H and O–H groups in total. The Morgan fingerprint density at radius 3 is 2.44 bits per heavy atom. The number of aromatic amines is 1. The maximum absolute atomic E-state index is 12.9. The number of halogens is 3. The van der Waals surface area contributed by atoms with Crippen molar-refractivity contribution >= 4 is 11.8 Å². The molecule has 0 bridgehead atoms. The standard InChI is InChI=1S/C16H13F3N6O2/c1-25-8-10(13(24-25)16(17,18)19)14(26)22-23-15(27)12-7-11(20-21-12)9-5-3-2-4-6-9/h2-8H,1H3,(H,20,21)(H,22,26)(H,23,27). The molecule has 0 unspecified atom stereocenters. The lowest BCUT2D eigenvalue weighted by molar-refractivity contribution is -0.141. The summed E-state index contributed by atoms with van der Waals surface area (Å²) < 4.78 is 39.5. The minimum atomic E-state index is -4.80. The highest BCUT2D eigenvalue weighted by Gasteiger charge is 2.39. The zero-order chi connectivity index (χ0) is 19.6. The first kappa shape index (κ1) is 18.2. The molecule has 0 aliphatic rings. The number of benzene rings is 1. The molecule has 0 atom stereocenters. The fourth-order valence-corrected chi connectivity index (χ4v) is 2.31. The minimum absolute atomic E-state index is 0.0244. The van der Waals surface area contributed by atoms with Crippen LogP contribution in [0.2, 0.25) is 0 Å². The van der Waals surface area contributed by atoms with E-state index in [9.17, 15) is 22.8 Å². The average Bonchev–Trinajstić information content (AvgIpc) is 3.27. The van der Waals surface area contributed by atoms with Crippen molar-refractivity contribution in [2.75, 3.05) is 0 Å². The van der Waals surface area contributed by atoms with Gasteiger partial charge in [0.1, 0.15) is 5.69 Å². The SMILES string of the molecule is Cn1cc(C(=O)NNC(=O)c2cc(-c3ccccc3)n[nH]2)c(C(F)(F)F)n1. The van der Waals surface area contributed by atoms with Gasteiger partial charge in [-0.3, -0.25) is 30.2 Å². The van der Waals surface area contributed by atoms with Crippen LogP contribution in [0.5, 0.6) is 0 Å². The van der Waals surface area contributed by atoms with Gasteiger partial charge in [0.2, 0.25) is 0 Å². The molecule has 0 fully saturated rings. The second kappa shape index (κ2) is 6.94. The first-order valence-electron chi connectivity index (χ1n) is 7.58. The molecule has 2 aromatic heterocycles. The number of nitrogens with zero attached hydrogens (tertiary/aromatic N) is 3. The van der Waals surface area contributed by atoms with E-state index in [1.54, 1.807) is 24.3 Å². The maximum atomic E-state index is 12.9. The van der Waals surface area contributed by atoms with Gasteiger partial charge in [0, 0.05) is 18.8 Å². The zero-order valence-corrected chi connectivity index (χ0v) is 13.8. The van der Waals surface area contributed by atoms with E-state index in [-0.39, 0.29) is 5.69 Å². The van der Waals surface area contributed by atoms with Crippen molar-refractivity contribution < 1.29 is 22.8 Å². The van der Waals surface area contributed by atoms with Crippen molar-refractivity contribution in [3.63, 3.8) is 0 Å². The molecule has 11 heteroatoms. The third-order valence-electron chi connectivity index (χ3n) is 3.52. The lowest BCUT2D eigenvalue weighted by Gasteiger charge is -2.07. The molecule has 140 valence electrons. The van der Waals surface area contributed by atoms with Gasteiger partial charge in [-0.2, -0.15) is 23.4 Å². The van der Waals surface area contributed by atoms with Crippen LogP contribution in [0.3, 0.4) is 0 Å². The molecule has 0 aliphatic carbocycles. The van der Waals surface area contributed by atoms with Crippen LogP contribution in [-0.2, 0) is 13.2 Å². The van der Waals surface area contributed by atoms with E-state index in [0.717, 1.165) is 16.4 Å². The lowest BCUT2D eigenvalue weighted by Crippen LogP contribution is -2.42. The number of nitrogens with one attached hydrogen (secondary N) is 3. The molecule has 1 aromatic carbocycles. The van der Waals surface area contributed by atoms with E-state index < -0.39 is 29.2 Å². The number of aromatic nitrogens is 4. The minimum Gasteiger partial charge on any atom is -0.274 e. The molecule has 3 aromatic rings. The van der Waals surface area contributed by atoms with E-state index in [0.29, 0.717) is 5.69 Å². The van der Waals surface area contributed by atoms with Crippen molar-refractivity contribution in [1.29, 1.82) is 0 Å². The van der Waals surface area contributed by atoms with Gasteiger partial charge in [-0.05, 0) is 6.07 Å². The summed E-state index contributed by atoms with van der Waals surface area (Å²) in [7, 11) is 1.25. The second-order valence-corrected chi connectivity index (χ2v) is 5.50. The molecule has 3 rings (SSSR count).